The molecule has 3 nitrogen and oxygen atoms in total. The first-order chi connectivity index (χ1) is 9.10. The maximum Gasteiger partial charge on any atom is 0.287 e. The van der Waals surface area contributed by atoms with E-state index >= 15 is 0 Å². The monoisotopic (exact) mass is 321 g/mol. The predicted octanol–water partition coefficient (Wildman–Crippen LogP) is 4.23. The summed E-state index contributed by atoms with van der Waals surface area (Å²) < 4.78 is 5.81. The molecule has 1 unspecified atom stereocenters. The second-order valence-corrected chi connectivity index (χ2v) is 5.23. The summed E-state index contributed by atoms with van der Waals surface area (Å²) in [5.74, 6) is 0.121. The number of amides is 1. The first-order valence-electron chi connectivity index (χ1n) is 6.23. The van der Waals surface area contributed by atoms with Crippen molar-refractivity contribution in [2.45, 2.75) is 26.3 Å². The van der Waals surface area contributed by atoms with Crippen LogP contribution in [0, 0.1) is 6.92 Å². The van der Waals surface area contributed by atoms with Crippen LogP contribution >= 0.6 is 15.9 Å². The number of carbonyl (C=O) groups is 1. The molecule has 2 rings (SSSR count). The topological polar surface area (TPSA) is 42.2 Å². The van der Waals surface area contributed by atoms with Crippen LogP contribution in [-0.2, 0) is 0 Å². The quantitative estimate of drug-likeness (QED) is 0.915. The molecular weight excluding hydrogens is 306 g/mol. The number of benzene rings is 1. The zero-order valence-corrected chi connectivity index (χ0v) is 12.5. The number of rotatable bonds is 4. The van der Waals surface area contributed by atoms with Crippen LogP contribution in [0.1, 0.15) is 41.1 Å². The van der Waals surface area contributed by atoms with E-state index in [1.807, 2.05) is 38.1 Å². The zero-order chi connectivity index (χ0) is 13.8. The molecule has 1 amide bonds. The average Bonchev–Trinajstić information content (AvgIpc) is 2.84. The predicted molar refractivity (Wildman–Crippen MR) is 78.1 cm³/mol. The summed E-state index contributed by atoms with van der Waals surface area (Å²) >= 11 is 3.19. The van der Waals surface area contributed by atoms with E-state index in [2.05, 4.69) is 21.2 Å². The van der Waals surface area contributed by atoms with Gasteiger partial charge in [-0.25, -0.2) is 0 Å². The lowest BCUT2D eigenvalue weighted by molar-refractivity contribution is 0.0906. The molecule has 0 spiro atoms. The molecule has 0 saturated heterocycles. The summed E-state index contributed by atoms with van der Waals surface area (Å²) in [7, 11) is 0. The van der Waals surface area contributed by atoms with Gasteiger partial charge in [0, 0.05) is 0 Å². The summed E-state index contributed by atoms with van der Waals surface area (Å²) in [6, 6.07) is 11.5. The Bertz CT molecular complexity index is 560. The highest BCUT2D eigenvalue weighted by Crippen LogP contribution is 2.19. The van der Waals surface area contributed by atoms with Crippen LogP contribution in [0.2, 0.25) is 0 Å². The third-order valence-corrected chi connectivity index (χ3v) is 3.42. The van der Waals surface area contributed by atoms with E-state index in [1.54, 1.807) is 12.1 Å². The minimum absolute atomic E-state index is 0.00280. The summed E-state index contributed by atoms with van der Waals surface area (Å²) in [6.45, 7) is 4.09. The number of carbonyl (C=O) groups excluding carboxylic acids is 1. The van der Waals surface area contributed by atoms with Gasteiger partial charge in [0.25, 0.3) is 5.91 Å². The van der Waals surface area contributed by atoms with E-state index in [0.717, 1.165) is 12.0 Å². The summed E-state index contributed by atoms with van der Waals surface area (Å²) in [5.41, 5.74) is 2.31. The summed E-state index contributed by atoms with van der Waals surface area (Å²) in [5, 5.41) is 2.98. The lowest BCUT2D eigenvalue weighted by atomic mass is 10.0. The SMILES string of the molecule is CCC(NC(=O)c1ccc(Br)o1)c1ccc(C)cc1. The van der Waals surface area contributed by atoms with Crippen LogP contribution < -0.4 is 5.32 Å². The van der Waals surface area contributed by atoms with Crippen molar-refractivity contribution in [3.05, 3.63) is 58.0 Å². The first-order valence-corrected chi connectivity index (χ1v) is 7.02. The molecule has 19 heavy (non-hydrogen) atoms. The van der Waals surface area contributed by atoms with E-state index in [-0.39, 0.29) is 11.9 Å². The Labute approximate surface area is 121 Å². The minimum Gasteiger partial charge on any atom is -0.444 e. The molecule has 1 atom stereocenters. The Morgan fingerprint density at radius 3 is 2.47 bits per heavy atom. The molecule has 100 valence electrons. The molecule has 0 aliphatic rings. The van der Waals surface area contributed by atoms with Crippen molar-refractivity contribution in [3.8, 4) is 0 Å². The molecule has 4 heteroatoms. The maximum atomic E-state index is 12.0. The third kappa shape index (κ3) is 3.47. The maximum absolute atomic E-state index is 12.0. The molecule has 0 radical (unpaired) electrons. The van der Waals surface area contributed by atoms with E-state index in [0.29, 0.717) is 10.4 Å². The highest BCUT2D eigenvalue weighted by molar-refractivity contribution is 9.10. The fourth-order valence-corrected chi connectivity index (χ4v) is 2.19. The van der Waals surface area contributed by atoms with Crippen molar-refractivity contribution < 1.29 is 9.21 Å². The van der Waals surface area contributed by atoms with Crippen LogP contribution in [0.25, 0.3) is 0 Å². The molecule has 1 aromatic carbocycles. The van der Waals surface area contributed by atoms with Gasteiger partial charge < -0.3 is 9.73 Å². The van der Waals surface area contributed by atoms with Crippen molar-refractivity contribution in [2.75, 3.05) is 0 Å². The van der Waals surface area contributed by atoms with Crippen molar-refractivity contribution in [3.63, 3.8) is 0 Å². The Morgan fingerprint density at radius 2 is 1.95 bits per heavy atom. The van der Waals surface area contributed by atoms with Crippen molar-refractivity contribution >= 4 is 21.8 Å². The molecule has 0 aliphatic carbocycles. The highest BCUT2D eigenvalue weighted by atomic mass is 79.9. The molecule has 1 N–H and O–H groups in total. The van der Waals surface area contributed by atoms with Gasteiger partial charge in [-0.2, -0.15) is 0 Å². The molecule has 0 bridgehead atoms. The van der Waals surface area contributed by atoms with Crippen LogP contribution in [0.15, 0.2) is 45.5 Å². The lowest BCUT2D eigenvalue weighted by Gasteiger charge is -2.16. The molecular formula is C15H16BrNO2. The number of hydrogen-bond donors (Lipinski definition) is 1. The van der Waals surface area contributed by atoms with Gasteiger partial charge in [0.1, 0.15) is 0 Å². The van der Waals surface area contributed by atoms with Crippen LogP contribution in [0.5, 0.6) is 0 Å². The first kappa shape index (κ1) is 13.9. The fourth-order valence-electron chi connectivity index (χ4n) is 1.89. The number of nitrogens with one attached hydrogen (secondary N) is 1. The smallest absolute Gasteiger partial charge is 0.287 e. The molecule has 1 aromatic heterocycles. The Morgan fingerprint density at radius 1 is 1.26 bits per heavy atom. The van der Waals surface area contributed by atoms with Gasteiger partial charge in [-0.1, -0.05) is 36.8 Å². The van der Waals surface area contributed by atoms with Crippen LogP contribution in [-0.4, -0.2) is 5.91 Å². The minimum atomic E-state index is -0.196. The Balaban J connectivity index is 2.11. The van der Waals surface area contributed by atoms with Gasteiger partial charge in [-0.05, 0) is 47.0 Å². The Hall–Kier alpha value is -1.55. The van der Waals surface area contributed by atoms with Gasteiger partial charge in [0.05, 0.1) is 6.04 Å². The molecule has 0 fully saturated rings. The number of furan rings is 1. The summed E-state index contributed by atoms with van der Waals surface area (Å²) in [6.07, 6.45) is 0.830. The molecule has 0 saturated carbocycles. The van der Waals surface area contributed by atoms with Gasteiger partial charge in [-0.3, -0.25) is 4.79 Å². The average molecular weight is 322 g/mol. The highest BCUT2D eigenvalue weighted by Gasteiger charge is 2.16. The van der Waals surface area contributed by atoms with Gasteiger partial charge in [0.15, 0.2) is 10.4 Å². The zero-order valence-electron chi connectivity index (χ0n) is 10.9. The molecule has 1 heterocycles. The number of hydrogen-bond acceptors (Lipinski definition) is 2. The Kier molecular flexibility index (Phi) is 4.43. The van der Waals surface area contributed by atoms with E-state index in [4.69, 9.17) is 4.42 Å². The largest absolute Gasteiger partial charge is 0.444 e. The van der Waals surface area contributed by atoms with Crippen molar-refractivity contribution in [1.29, 1.82) is 0 Å². The van der Waals surface area contributed by atoms with E-state index < -0.39 is 0 Å². The number of aryl methyl sites for hydroxylation is 1. The van der Waals surface area contributed by atoms with E-state index in [9.17, 15) is 4.79 Å². The second kappa shape index (κ2) is 6.06. The summed E-state index contributed by atoms with van der Waals surface area (Å²) in [4.78, 5) is 12.0. The van der Waals surface area contributed by atoms with Crippen LogP contribution in [0.3, 0.4) is 0 Å². The van der Waals surface area contributed by atoms with Crippen molar-refractivity contribution in [2.24, 2.45) is 0 Å². The van der Waals surface area contributed by atoms with Gasteiger partial charge in [0.2, 0.25) is 0 Å². The lowest BCUT2D eigenvalue weighted by Crippen LogP contribution is -2.27. The molecule has 2 aromatic rings. The second-order valence-electron chi connectivity index (χ2n) is 4.45. The normalized spacial score (nSPS) is 12.2. The van der Waals surface area contributed by atoms with Crippen molar-refractivity contribution in [1.82, 2.24) is 5.32 Å². The van der Waals surface area contributed by atoms with E-state index in [1.165, 1.54) is 5.56 Å². The van der Waals surface area contributed by atoms with Gasteiger partial charge in [-0.15, -0.1) is 0 Å². The standard InChI is InChI=1S/C15H16BrNO2/c1-3-12(11-6-4-10(2)5-7-11)17-15(18)13-8-9-14(16)19-13/h4-9,12H,3H2,1-2H3,(H,17,18). The fraction of sp³-hybridized carbons (Fsp3) is 0.267. The number of halogens is 1. The van der Waals surface area contributed by atoms with Crippen LogP contribution in [0.4, 0.5) is 0 Å². The van der Waals surface area contributed by atoms with Gasteiger partial charge >= 0.3 is 0 Å². The molecule has 0 aliphatic heterocycles. The third-order valence-electron chi connectivity index (χ3n) is 2.99.